The molecule has 0 saturated heterocycles. The largest absolute Gasteiger partial charge is 0.326 e. The fourth-order valence-electron chi connectivity index (χ4n) is 2.80. The molecule has 1 heterocycles. The molecule has 3 rings (SSSR count). The first kappa shape index (κ1) is 16.8. The van der Waals surface area contributed by atoms with E-state index in [1.54, 1.807) is 18.2 Å². The van der Waals surface area contributed by atoms with Crippen LogP contribution in [0.1, 0.15) is 18.4 Å². The van der Waals surface area contributed by atoms with E-state index in [1.165, 1.54) is 0 Å². The molecule has 2 aromatic carbocycles. The van der Waals surface area contributed by atoms with Crippen molar-refractivity contribution in [3.63, 3.8) is 0 Å². The summed E-state index contributed by atoms with van der Waals surface area (Å²) in [4.78, 5) is 24.2. The Labute approximate surface area is 150 Å². The number of nitrogens with one attached hydrogen (secondary N) is 2. The van der Waals surface area contributed by atoms with Gasteiger partial charge in [-0.1, -0.05) is 41.4 Å². The molecule has 124 valence electrons. The Hall–Kier alpha value is -2.04. The van der Waals surface area contributed by atoms with Crippen LogP contribution in [0.15, 0.2) is 42.5 Å². The first-order chi connectivity index (χ1) is 11.5. The normalized spacial score (nSPS) is 16.2. The average molecular weight is 363 g/mol. The van der Waals surface area contributed by atoms with Gasteiger partial charge < -0.3 is 10.6 Å². The predicted octanol–water partition coefficient (Wildman–Crippen LogP) is 4.52. The summed E-state index contributed by atoms with van der Waals surface area (Å²) < 4.78 is 0. The standard InChI is InChI=1S/C18H16Cl2N2O2/c19-13-8-14(20)10-15(9-13)21-17(23)6-5-12-7-11-3-1-2-4-16(11)22-18(12)24/h1-4,8-10,12H,5-7H2,(H,21,23)(H,22,24)/t12-/m0/s1. The molecule has 1 aliphatic heterocycles. The molecule has 2 aromatic rings. The van der Waals surface area contributed by atoms with Gasteiger partial charge in [0.05, 0.1) is 0 Å². The second kappa shape index (κ2) is 7.24. The van der Waals surface area contributed by atoms with Crippen molar-refractivity contribution in [2.45, 2.75) is 19.3 Å². The van der Waals surface area contributed by atoms with Gasteiger partial charge in [-0.3, -0.25) is 9.59 Å². The minimum atomic E-state index is -0.200. The molecule has 0 radical (unpaired) electrons. The van der Waals surface area contributed by atoms with Crippen molar-refractivity contribution in [1.29, 1.82) is 0 Å². The Balaban J connectivity index is 1.57. The lowest BCUT2D eigenvalue weighted by Gasteiger charge is -2.24. The zero-order chi connectivity index (χ0) is 17.1. The van der Waals surface area contributed by atoms with Gasteiger partial charge in [-0.25, -0.2) is 0 Å². The summed E-state index contributed by atoms with van der Waals surface area (Å²) in [5, 5.41) is 6.57. The van der Waals surface area contributed by atoms with Crippen LogP contribution in [0.3, 0.4) is 0 Å². The second-order valence-electron chi connectivity index (χ2n) is 5.79. The molecule has 2 N–H and O–H groups in total. The van der Waals surface area contributed by atoms with Crippen LogP contribution in [0.2, 0.25) is 10.0 Å². The van der Waals surface area contributed by atoms with Crippen LogP contribution in [-0.2, 0) is 16.0 Å². The van der Waals surface area contributed by atoms with Crippen molar-refractivity contribution in [3.05, 3.63) is 58.1 Å². The molecule has 0 aromatic heterocycles. The van der Waals surface area contributed by atoms with Crippen molar-refractivity contribution in [1.82, 2.24) is 0 Å². The highest BCUT2D eigenvalue weighted by Gasteiger charge is 2.26. The predicted molar refractivity (Wildman–Crippen MR) is 96.6 cm³/mol. The average Bonchev–Trinajstić information content (AvgIpc) is 2.52. The van der Waals surface area contributed by atoms with E-state index in [4.69, 9.17) is 23.2 Å². The van der Waals surface area contributed by atoms with E-state index in [0.717, 1.165) is 11.3 Å². The lowest BCUT2D eigenvalue weighted by molar-refractivity contribution is -0.121. The number of fused-ring (bicyclic) bond motifs is 1. The zero-order valence-electron chi connectivity index (χ0n) is 12.8. The molecule has 6 heteroatoms. The van der Waals surface area contributed by atoms with E-state index < -0.39 is 0 Å². The Morgan fingerprint density at radius 1 is 1.17 bits per heavy atom. The molecule has 2 amide bonds. The number of rotatable bonds is 4. The Bertz CT molecular complexity index is 772. The maximum absolute atomic E-state index is 12.1. The first-order valence-electron chi connectivity index (χ1n) is 7.66. The lowest BCUT2D eigenvalue weighted by Crippen LogP contribution is -2.30. The van der Waals surface area contributed by atoms with Crippen LogP contribution < -0.4 is 10.6 Å². The SMILES string of the molecule is O=C(CC[C@H]1Cc2ccccc2NC1=O)Nc1cc(Cl)cc(Cl)c1. The van der Waals surface area contributed by atoms with E-state index in [1.807, 2.05) is 24.3 Å². The summed E-state index contributed by atoms with van der Waals surface area (Å²) in [5.74, 6) is -0.402. The monoisotopic (exact) mass is 362 g/mol. The lowest BCUT2D eigenvalue weighted by atomic mass is 9.89. The van der Waals surface area contributed by atoms with Gasteiger partial charge in [0.25, 0.3) is 0 Å². The number of carbonyl (C=O) groups is 2. The highest BCUT2D eigenvalue weighted by Crippen LogP contribution is 2.28. The summed E-state index contributed by atoms with van der Waals surface area (Å²) >= 11 is 11.8. The van der Waals surface area contributed by atoms with Crippen molar-refractivity contribution >= 4 is 46.4 Å². The smallest absolute Gasteiger partial charge is 0.227 e. The van der Waals surface area contributed by atoms with Gasteiger partial charge in [0, 0.05) is 33.8 Å². The van der Waals surface area contributed by atoms with Gasteiger partial charge in [-0.2, -0.15) is 0 Å². The topological polar surface area (TPSA) is 58.2 Å². The maximum Gasteiger partial charge on any atom is 0.227 e. The number of hydrogen-bond donors (Lipinski definition) is 2. The van der Waals surface area contributed by atoms with Gasteiger partial charge in [0.2, 0.25) is 11.8 Å². The van der Waals surface area contributed by atoms with Gasteiger partial charge in [0.15, 0.2) is 0 Å². The Kier molecular flexibility index (Phi) is 5.07. The van der Waals surface area contributed by atoms with E-state index in [0.29, 0.717) is 28.6 Å². The number of halogens is 2. The van der Waals surface area contributed by atoms with Crippen LogP contribution in [0.5, 0.6) is 0 Å². The molecule has 4 nitrogen and oxygen atoms in total. The Morgan fingerprint density at radius 2 is 1.88 bits per heavy atom. The van der Waals surface area contributed by atoms with Crippen LogP contribution in [0, 0.1) is 5.92 Å². The quantitative estimate of drug-likeness (QED) is 0.839. The molecular weight excluding hydrogens is 347 g/mol. The third-order valence-electron chi connectivity index (χ3n) is 3.98. The molecule has 1 atom stereocenters. The second-order valence-corrected chi connectivity index (χ2v) is 6.67. The van der Waals surface area contributed by atoms with Gasteiger partial charge in [-0.15, -0.1) is 0 Å². The third kappa shape index (κ3) is 4.08. The Morgan fingerprint density at radius 3 is 2.62 bits per heavy atom. The van der Waals surface area contributed by atoms with Gasteiger partial charge in [0.1, 0.15) is 0 Å². The number of anilines is 2. The number of benzene rings is 2. The summed E-state index contributed by atoms with van der Waals surface area (Å²) in [6, 6.07) is 12.6. The van der Waals surface area contributed by atoms with E-state index in [9.17, 15) is 9.59 Å². The number of carbonyl (C=O) groups excluding carboxylic acids is 2. The number of hydrogen-bond acceptors (Lipinski definition) is 2. The molecule has 0 saturated carbocycles. The maximum atomic E-state index is 12.1. The highest BCUT2D eigenvalue weighted by atomic mass is 35.5. The fraction of sp³-hybridized carbons (Fsp3) is 0.222. The van der Waals surface area contributed by atoms with Crippen molar-refractivity contribution in [3.8, 4) is 0 Å². The van der Waals surface area contributed by atoms with Crippen LogP contribution in [0.25, 0.3) is 0 Å². The summed E-state index contributed by atoms with van der Waals surface area (Å²) in [5.41, 5.74) is 2.51. The van der Waals surface area contributed by atoms with Gasteiger partial charge in [-0.05, 0) is 42.7 Å². The van der Waals surface area contributed by atoms with Crippen molar-refractivity contribution in [2.75, 3.05) is 10.6 Å². The van der Waals surface area contributed by atoms with Crippen LogP contribution in [0.4, 0.5) is 11.4 Å². The van der Waals surface area contributed by atoms with Gasteiger partial charge >= 0.3 is 0 Å². The molecule has 0 unspecified atom stereocenters. The van der Waals surface area contributed by atoms with E-state index in [2.05, 4.69) is 10.6 Å². The fourth-order valence-corrected chi connectivity index (χ4v) is 3.33. The molecular formula is C18H16Cl2N2O2. The minimum absolute atomic E-state index is 0.0349. The first-order valence-corrected chi connectivity index (χ1v) is 8.41. The molecule has 24 heavy (non-hydrogen) atoms. The summed E-state index contributed by atoms with van der Waals surface area (Å²) in [7, 11) is 0. The summed E-state index contributed by atoms with van der Waals surface area (Å²) in [6.45, 7) is 0. The van der Waals surface area contributed by atoms with Crippen LogP contribution in [-0.4, -0.2) is 11.8 Å². The molecule has 0 spiro atoms. The third-order valence-corrected chi connectivity index (χ3v) is 4.41. The molecule has 0 bridgehead atoms. The minimum Gasteiger partial charge on any atom is -0.326 e. The summed E-state index contributed by atoms with van der Waals surface area (Å²) in [6.07, 6.45) is 1.39. The molecule has 0 fully saturated rings. The van der Waals surface area contributed by atoms with Crippen molar-refractivity contribution in [2.24, 2.45) is 5.92 Å². The zero-order valence-corrected chi connectivity index (χ0v) is 14.3. The number of para-hydroxylation sites is 1. The van der Waals surface area contributed by atoms with E-state index >= 15 is 0 Å². The molecule has 0 aliphatic carbocycles. The van der Waals surface area contributed by atoms with E-state index in [-0.39, 0.29) is 24.2 Å². The highest BCUT2D eigenvalue weighted by molar-refractivity contribution is 6.35. The van der Waals surface area contributed by atoms with Crippen molar-refractivity contribution < 1.29 is 9.59 Å². The number of amides is 2. The van der Waals surface area contributed by atoms with Crippen LogP contribution >= 0.6 is 23.2 Å². The molecule has 1 aliphatic rings.